The molecule has 1 aromatic heterocycles. The average molecular weight is 433 g/mol. The summed E-state index contributed by atoms with van der Waals surface area (Å²) in [6.45, 7) is 1.82. The summed E-state index contributed by atoms with van der Waals surface area (Å²) in [5.74, 6) is 0.285. The van der Waals surface area contributed by atoms with Crippen LogP contribution in [-0.4, -0.2) is 9.55 Å². The summed E-state index contributed by atoms with van der Waals surface area (Å²) < 4.78 is 17.7. The molecule has 0 N–H and O–H groups in total. The highest BCUT2D eigenvalue weighted by atomic mass is 79.9. The Morgan fingerprint density at radius 1 is 1.14 bits per heavy atom. The standard InChI is InChI=1S/C15H10Br2ClFN2/c1-8(18)15-20-12-4-2-10(17)7-14(12)21(15)13-5-3-9(16)6-11(13)19/h2-8H,1H3. The third-order valence-corrected chi connectivity index (χ3v) is 4.33. The number of imidazole rings is 1. The van der Waals surface area contributed by atoms with Gasteiger partial charge in [-0.05, 0) is 43.3 Å². The number of alkyl halides is 1. The first-order valence-corrected chi connectivity index (χ1v) is 8.27. The maximum absolute atomic E-state index is 14.4. The third kappa shape index (κ3) is 2.74. The Bertz CT molecular complexity index is 830. The second-order valence-electron chi connectivity index (χ2n) is 4.65. The SMILES string of the molecule is CC(Cl)c1nc2ccc(Br)cc2n1-c1ccc(Br)cc1F. The monoisotopic (exact) mass is 430 g/mol. The van der Waals surface area contributed by atoms with Crippen LogP contribution in [0.25, 0.3) is 16.7 Å². The summed E-state index contributed by atoms with van der Waals surface area (Å²) in [4.78, 5) is 4.53. The van der Waals surface area contributed by atoms with Gasteiger partial charge in [0.15, 0.2) is 0 Å². The van der Waals surface area contributed by atoms with Crippen LogP contribution in [0, 0.1) is 5.82 Å². The lowest BCUT2D eigenvalue weighted by Gasteiger charge is -2.12. The summed E-state index contributed by atoms with van der Waals surface area (Å²) in [5, 5.41) is -0.334. The maximum Gasteiger partial charge on any atom is 0.148 e. The summed E-state index contributed by atoms with van der Waals surface area (Å²) in [6.07, 6.45) is 0. The molecule has 0 saturated carbocycles. The van der Waals surface area contributed by atoms with Crippen molar-refractivity contribution in [2.45, 2.75) is 12.3 Å². The van der Waals surface area contributed by atoms with Crippen LogP contribution >= 0.6 is 43.5 Å². The van der Waals surface area contributed by atoms with E-state index >= 15 is 0 Å². The average Bonchev–Trinajstić information content (AvgIpc) is 2.77. The number of halogens is 4. The van der Waals surface area contributed by atoms with Gasteiger partial charge in [0.05, 0.1) is 22.1 Å². The van der Waals surface area contributed by atoms with E-state index in [1.54, 1.807) is 16.7 Å². The van der Waals surface area contributed by atoms with Crippen molar-refractivity contribution in [3.63, 3.8) is 0 Å². The van der Waals surface area contributed by atoms with Crippen LogP contribution in [0.15, 0.2) is 45.3 Å². The Labute approximate surface area is 143 Å². The first-order chi connectivity index (χ1) is 9.97. The van der Waals surface area contributed by atoms with Gasteiger partial charge in [-0.15, -0.1) is 11.6 Å². The van der Waals surface area contributed by atoms with Crippen LogP contribution < -0.4 is 0 Å². The molecule has 0 aliphatic heterocycles. The molecule has 3 rings (SSSR count). The molecular formula is C15H10Br2ClFN2. The van der Waals surface area contributed by atoms with E-state index in [0.29, 0.717) is 16.0 Å². The lowest BCUT2D eigenvalue weighted by molar-refractivity contribution is 0.615. The lowest BCUT2D eigenvalue weighted by Crippen LogP contribution is -2.04. The van der Waals surface area contributed by atoms with Gasteiger partial charge >= 0.3 is 0 Å². The molecule has 0 fully saturated rings. The zero-order chi connectivity index (χ0) is 15.1. The number of nitrogens with zero attached hydrogens (tertiary/aromatic N) is 2. The molecule has 2 nitrogen and oxygen atoms in total. The Kier molecular flexibility index (Phi) is 4.08. The molecule has 0 spiro atoms. The van der Waals surface area contributed by atoms with E-state index in [0.717, 1.165) is 15.5 Å². The minimum absolute atomic E-state index is 0.331. The van der Waals surface area contributed by atoms with Crippen molar-refractivity contribution in [3.05, 3.63) is 57.0 Å². The van der Waals surface area contributed by atoms with Crippen molar-refractivity contribution in [2.75, 3.05) is 0 Å². The summed E-state index contributed by atoms with van der Waals surface area (Å²) in [5.41, 5.74) is 2.03. The zero-order valence-corrected chi connectivity index (χ0v) is 14.9. The molecule has 0 aliphatic rings. The predicted molar refractivity (Wildman–Crippen MR) is 90.7 cm³/mol. The van der Waals surface area contributed by atoms with Crippen molar-refractivity contribution < 1.29 is 4.39 Å². The summed E-state index contributed by atoms with van der Waals surface area (Å²) in [6, 6.07) is 10.6. The summed E-state index contributed by atoms with van der Waals surface area (Å²) >= 11 is 12.9. The number of aromatic nitrogens is 2. The van der Waals surface area contributed by atoms with E-state index < -0.39 is 0 Å². The van der Waals surface area contributed by atoms with Crippen LogP contribution in [-0.2, 0) is 0 Å². The van der Waals surface area contributed by atoms with E-state index in [-0.39, 0.29) is 11.2 Å². The van der Waals surface area contributed by atoms with Gasteiger partial charge in [-0.25, -0.2) is 9.37 Å². The number of fused-ring (bicyclic) bond motifs is 1. The highest BCUT2D eigenvalue weighted by molar-refractivity contribution is 9.10. The van der Waals surface area contributed by atoms with Gasteiger partial charge in [-0.2, -0.15) is 0 Å². The number of rotatable bonds is 2. The van der Waals surface area contributed by atoms with Crippen LogP contribution in [0.3, 0.4) is 0 Å². The van der Waals surface area contributed by atoms with E-state index in [4.69, 9.17) is 11.6 Å². The quantitative estimate of drug-likeness (QED) is 0.455. The van der Waals surface area contributed by atoms with Gasteiger partial charge in [0.25, 0.3) is 0 Å². The van der Waals surface area contributed by atoms with E-state index in [2.05, 4.69) is 36.8 Å². The van der Waals surface area contributed by atoms with Crippen LogP contribution in [0.4, 0.5) is 4.39 Å². The summed E-state index contributed by atoms with van der Waals surface area (Å²) in [7, 11) is 0. The molecular weight excluding hydrogens is 422 g/mol. The molecule has 108 valence electrons. The van der Waals surface area contributed by atoms with E-state index in [1.165, 1.54) is 6.07 Å². The Hall–Kier alpha value is -0.910. The first kappa shape index (κ1) is 15.0. The van der Waals surface area contributed by atoms with Gasteiger partial charge in [0.1, 0.15) is 11.6 Å². The first-order valence-electron chi connectivity index (χ1n) is 6.25. The van der Waals surface area contributed by atoms with Crippen molar-refractivity contribution in [3.8, 4) is 5.69 Å². The fraction of sp³-hybridized carbons (Fsp3) is 0.133. The predicted octanol–water partition coefficient (Wildman–Crippen LogP) is 5.99. The molecule has 0 aliphatic carbocycles. The second kappa shape index (κ2) is 5.71. The highest BCUT2D eigenvalue weighted by Crippen LogP contribution is 2.31. The van der Waals surface area contributed by atoms with Crippen LogP contribution in [0.5, 0.6) is 0 Å². The van der Waals surface area contributed by atoms with Crippen molar-refractivity contribution in [2.24, 2.45) is 0 Å². The van der Waals surface area contributed by atoms with Crippen molar-refractivity contribution >= 4 is 54.5 Å². The Balaban J connectivity index is 2.38. The molecule has 1 unspecified atom stereocenters. The van der Waals surface area contributed by atoms with Gasteiger partial charge in [0, 0.05) is 8.95 Å². The number of benzene rings is 2. The highest BCUT2D eigenvalue weighted by Gasteiger charge is 2.18. The molecule has 21 heavy (non-hydrogen) atoms. The fourth-order valence-electron chi connectivity index (χ4n) is 2.25. The molecule has 1 heterocycles. The van der Waals surface area contributed by atoms with Gasteiger partial charge in [0.2, 0.25) is 0 Å². The largest absolute Gasteiger partial charge is 0.292 e. The molecule has 0 radical (unpaired) electrons. The van der Waals surface area contributed by atoms with Crippen molar-refractivity contribution in [1.29, 1.82) is 0 Å². The van der Waals surface area contributed by atoms with Crippen LogP contribution in [0.1, 0.15) is 18.1 Å². The fourth-order valence-corrected chi connectivity index (χ4v) is 3.08. The molecule has 0 bridgehead atoms. The van der Waals surface area contributed by atoms with E-state index in [1.807, 2.05) is 25.1 Å². The topological polar surface area (TPSA) is 17.8 Å². The van der Waals surface area contributed by atoms with Crippen LogP contribution in [0.2, 0.25) is 0 Å². The van der Waals surface area contributed by atoms with Gasteiger partial charge in [-0.3, -0.25) is 4.57 Å². The minimum Gasteiger partial charge on any atom is -0.292 e. The number of hydrogen-bond donors (Lipinski definition) is 0. The minimum atomic E-state index is -0.334. The molecule has 3 aromatic rings. The Morgan fingerprint density at radius 2 is 1.81 bits per heavy atom. The van der Waals surface area contributed by atoms with Gasteiger partial charge < -0.3 is 0 Å². The smallest absolute Gasteiger partial charge is 0.148 e. The maximum atomic E-state index is 14.4. The van der Waals surface area contributed by atoms with Crippen molar-refractivity contribution in [1.82, 2.24) is 9.55 Å². The molecule has 6 heteroatoms. The molecule has 1 atom stereocenters. The number of hydrogen-bond acceptors (Lipinski definition) is 1. The molecule has 0 saturated heterocycles. The molecule has 2 aromatic carbocycles. The Morgan fingerprint density at radius 3 is 2.48 bits per heavy atom. The van der Waals surface area contributed by atoms with E-state index in [9.17, 15) is 4.39 Å². The lowest BCUT2D eigenvalue weighted by atomic mass is 10.2. The molecule has 0 amide bonds. The van der Waals surface area contributed by atoms with Gasteiger partial charge in [-0.1, -0.05) is 31.9 Å². The normalized spacial score (nSPS) is 12.8. The second-order valence-corrected chi connectivity index (χ2v) is 7.14. The zero-order valence-electron chi connectivity index (χ0n) is 10.9. The third-order valence-electron chi connectivity index (χ3n) is 3.15.